The van der Waals surface area contributed by atoms with Gasteiger partial charge in [0.05, 0.1) is 6.04 Å². The second-order valence-corrected chi connectivity index (χ2v) is 4.32. The van der Waals surface area contributed by atoms with E-state index in [9.17, 15) is 8.78 Å². The quantitative estimate of drug-likeness (QED) is 0.921. The van der Waals surface area contributed by atoms with Gasteiger partial charge in [-0.05, 0) is 17.7 Å². The molecule has 19 heavy (non-hydrogen) atoms. The highest BCUT2D eigenvalue weighted by Gasteiger charge is 2.18. The minimum absolute atomic E-state index is 0.0601. The summed E-state index contributed by atoms with van der Waals surface area (Å²) in [5.41, 5.74) is 7.21. The first-order valence-corrected chi connectivity index (χ1v) is 6.01. The van der Waals surface area contributed by atoms with Gasteiger partial charge in [-0.2, -0.15) is 8.78 Å². The SMILES string of the molecule is NC(c1ccccc1Cl)c1ccccc1OC(F)F. The van der Waals surface area contributed by atoms with Crippen molar-refractivity contribution in [3.8, 4) is 5.75 Å². The molecule has 1 unspecified atom stereocenters. The van der Waals surface area contributed by atoms with Crippen molar-refractivity contribution in [2.45, 2.75) is 12.7 Å². The van der Waals surface area contributed by atoms with Gasteiger partial charge in [0.2, 0.25) is 0 Å². The molecule has 2 N–H and O–H groups in total. The minimum Gasteiger partial charge on any atom is -0.434 e. The van der Waals surface area contributed by atoms with Gasteiger partial charge in [0.1, 0.15) is 5.75 Å². The Kier molecular flexibility index (Phi) is 4.35. The van der Waals surface area contributed by atoms with Crippen LogP contribution < -0.4 is 10.5 Å². The van der Waals surface area contributed by atoms with Crippen molar-refractivity contribution in [3.05, 3.63) is 64.7 Å². The molecular formula is C14H12ClF2NO. The van der Waals surface area contributed by atoms with Crippen LogP contribution in [0.15, 0.2) is 48.5 Å². The van der Waals surface area contributed by atoms with Crippen LogP contribution in [0.4, 0.5) is 8.78 Å². The predicted octanol–water partition coefficient (Wildman–Crippen LogP) is 3.99. The van der Waals surface area contributed by atoms with Crippen LogP contribution in [0, 0.1) is 0 Å². The van der Waals surface area contributed by atoms with Crippen molar-refractivity contribution in [3.63, 3.8) is 0 Å². The maximum Gasteiger partial charge on any atom is 0.387 e. The Morgan fingerprint density at radius 1 is 0.947 bits per heavy atom. The lowest BCUT2D eigenvalue weighted by Crippen LogP contribution is -2.15. The van der Waals surface area contributed by atoms with Gasteiger partial charge in [-0.3, -0.25) is 0 Å². The lowest BCUT2D eigenvalue weighted by molar-refractivity contribution is -0.0505. The molecule has 0 heterocycles. The molecule has 2 aromatic rings. The van der Waals surface area contributed by atoms with Crippen molar-refractivity contribution in [1.29, 1.82) is 0 Å². The van der Waals surface area contributed by atoms with Crippen LogP contribution in [0.5, 0.6) is 5.75 Å². The van der Waals surface area contributed by atoms with E-state index in [2.05, 4.69) is 4.74 Å². The van der Waals surface area contributed by atoms with Crippen molar-refractivity contribution < 1.29 is 13.5 Å². The maximum absolute atomic E-state index is 12.4. The summed E-state index contributed by atoms with van der Waals surface area (Å²) in [5, 5.41) is 0.488. The highest BCUT2D eigenvalue weighted by molar-refractivity contribution is 6.31. The van der Waals surface area contributed by atoms with Gasteiger partial charge in [0, 0.05) is 10.6 Å². The zero-order valence-electron chi connectivity index (χ0n) is 9.89. The van der Waals surface area contributed by atoms with Crippen LogP contribution in [0.2, 0.25) is 5.02 Å². The Morgan fingerprint density at radius 3 is 2.16 bits per heavy atom. The van der Waals surface area contributed by atoms with Gasteiger partial charge in [0.25, 0.3) is 0 Å². The number of alkyl halides is 2. The van der Waals surface area contributed by atoms with Crippen LogP contribution in [0.1, 0.15) is 17.2 Å². The topological polar surface area (TPSA) is 35.2 Å². The summed E-state index contributed by atoms with van der Waals surface area (Å²) in [6.07, 6.45) is 0. The van der Waals surface area contributed by atoms with Crippen LogP contribution in [0.25, 0.3) is 0 Å². The first kappa shape index (κ1) is 13.8. The fourth-order valence-electron chi connectivity index (χ4n) is 1.84. The van der Waals surface area contributed by atoms with Gasteiger partial charge in [-0.1, -0.05) is 48.0 Å². The first-order chi connectivity index (χ1) is 9.09. The highest BCUT2D eigenvalue weighted by atomic mass is 35.5. The second kappa shape index (κ2) is 5.99. The summed E-state index contributed by atoms with van der Waals surface area (Å²) in [6.45, 7) is -2.89. The molecule has 0 radical (unpaired) electrons. The third-order valence-electron chi connectivity index (χ3n) is 2.71. The molecule has 0 aromatic heterocycles. The zero-order chi connectivity index (χ0) is 13.8. The number of para-hydroxylation sites is 1. The average molecular weight is 284 g/mol. The summed E-state index contributed by atoms with van der Waals surface area (Å²) >= 11 is 6.06. The molecule has 0 spiro atoms. The van der Waals surface area contributed by atoms with Crippen LogP contribution >= 0.6 is 11.6 Å². The Bertz CT molecular complexity index is 563. The van der Waals surface area contributed by atoms with E-state index in [0.29, 0.717) is 16.1 Å². The van der Waals surface area contributed by atoms with E-state index in [1.54, 1.807) is 42.5 Å². The molecule has 0 saturated heterocycles. The van der Waals surface area contributed by atoms with E-state index >= 15 is 0 Å². The Balaban J connectivity index is 2.39. The molecule has 0 aliphatic rings. The number of rotatable bonds is 4. The molecule has 0 fully saturated rings. The van der Waals surface area contributed by atoms with Crippen molar-refractivity contribution in [1.82, 2.24) is 0 Å². The van der Waals surface area contributed by atoms with Gasteiger partial charge in [0.15, 0.2) is 0 Å². The highest BCUT2D eigenvalue weighted by Crippen LogP contribution is 2.32. The molecule has 2 rings (SSSR count). The fourth-order valence-corrected chi connectivity index (χ4v) is 2.09. The van der Waals surface area contributed by atoms with Gasteiger partial charge in [-0.25, -0.2) is 0 Å². The molecule has 0 saturated carbocycles. The number of ether oxygens (including phenoxy) is 1. The molecule has 0 aliphatic carbocycles. The summed E-state index contributed by atoms with van der Waals surface area (Å²) in [5.74, 6) is 0.0601. The molecule has 0 aliphatic heterocycles. The number of hydrogen-bond donors (Lipinski definition) is 1. The number of benzene rings is 2. The molecule has 100 valence electrons. The van der Waals surface area contributed by atoms with Gasteiger partial charge >= 0.3 is 6.61 Å². The zero-order valence-corrected chi connectivity index (χ0v) is 10.6. The Morgan fingerprint density at radius 2 is 1.53 bits per heavy atom. The molecule has 5 heteroatoms. The van der Waals surface area contributed by atoms with E-state index in [1.807, 2.05) is 0 Å². The van der Waals surface area contributed by atoms with Gasteiger partial charge < -0.3 is 10.5 Å². The predicted molar refractivity (Wildman–Crippen MR) is 70.6 cm³/mol. The van der Waals surface area contributed by atoms with Crippen molar-refractivity contribution >= 4 is 11.6 Å². The van der Waals surface area contributed by atoms with Crippen molar-refractivity contribution in [2.75, 3.05) is 0 Å². The number of halogens is 3. The summed E-state index contributed by atoms with van der Waals surface area (Å²) in [4.78, 5) is 0. The van der Waals surface area contributed by atoms with E-state index in [4.69, 9.17) is 17.3 Å². The van der Waals surface area contributed by atoms with E-state index in [1.165, 1.54) is 6.07 Å². The average Bonchev–Trinajstić information content (AvgIpc) is 2.38. The van der Waals surface area contributed by atoms with E-state index < -0.39 is 12.7 Å². The maximum atomic E-state index is 12.4. The van der Waals surface area contributed by atoms with E-state index in [-0.39, 0.29) is 5.75 Å². The Labute approximate surface area is 114 Å². The molecule has 2 nitrogen and oxygen atoms in total. The number of hydrogen-bond acceptors (Lipinski definition) is 2. The third-order valence-corrected chi connectivity index (χ3v) is 3.05. The van der Waals surface area contributed by atoms with Crippen LogP contribution in [-0.2, 0) is 0 Å². The summed E-state index contributed by atoms with van der Waals surface area (Å²) in [7, 11) is 0. The molecule has 2 aromatic carbocycles. The smallest absolute Gasteiger partial charge is 0.387 e. The lowest BCUT2D eigenvalue weighted by atomic mass is 9.99. The Hall–Kier alpha value is -1.65. The van der Waals surface area contributed by atoms with Crippen molar-refractivity contribution in [2.24, 2.45) is 5.73 Å². The standard InChI is InChI=1S/C14H12ClF2NO/c15-11-7-3-1-5-9(11)13(18)10-6-2-4-8-12(10)19-14(16)17/h1-8,13-14H,18H2. The van der Waals surface area contributed by atoms with Gasteiger partial charge in [-0.15, -0.1) is 0 Å². The largest absolute Gasteiger partial charge is 0.434 e. The fraction of sp³-hybridized carbons (Fsp3) is 0.143. The molecule has 1 atom stereocenters. The van der Waals surface area contributed by atoms with Crippen LogP contribution in [-0.4, -0.2) is 6.61 Å². The first-order valence-electron chi connectivity index (χ1n) is 5.63. The molecule has 0 amide bonds. The molecular weight excluding hydrogens is 272 g/mol. The summed E-state index contributed by atoms with van der Waals surface area (Å²) in [6, 6.07) is 12.8. The molecule has 0 bridgehead atoms. The normalized spacial score (nSPS) is 12.5. The third kappa shape index (κ3) is 3.22. The number of nitrogens with two attached hydrogens (primary N) is 1. The van der Waals surface area contributed by atoms with Crippen LogP contribution in [0.3, 0.4) is 0 Å². The second-order valence-electron chi connectivity index (χ2n) is 3.92. The monoisotopic (exact) mass is 283 g/mol. The van der Waals surface area contributed by atoms with E-state index in [0.717, 1.165) is 0 Å². The lowest BCUT2D eigenvalue weighted by Gasteiger charge is -2.17. The minimum atomic E-state index is -2.89. The summed E-state index contributed by atoms with van der Waals surface area (Å²) < 4.78 is 29.2.